The third kappa shape index (κ3) is 4.97. The number of ether oxygens (including phenoxy) is 3. The van der Waals surface area contributed by atoms with Gasteiger partial charge in [-0.05, 0) is 41.7 Å². The van der Waals surface area contributed by atoms with Gasteiger partial charge in [0.25, 0.3) is 0 Å². The van der Waals surface area contributed by atoms with E-state index in [9.17, 15) is 4.79 Å². The third-order valence-corrected chi connectivity index (χ3v) is 4.98. The van der Waals surface area contributed by atoms with Crippen LogP contribution in [0.15, 0.2) is 42.5 Å². The Hall–Kier alpha value is -2.69. The number of carbonyl (C=O) groups is 1. The average Bonchev–Trinajstić information content (AvgIpc) is 2.71. The molecule has 1 unspecified atom stereocenters. The first-order valence-corrected chi connectivity index (χ1v) is 9.51. The predicted octanol–water partition coefficient (Wildman–Crippen LogP) is 4.15. The molecule has 0 spiro atoms. The largest absolute Gasteiger partial charge is 0.496 e. The van der Waals surface area contributed by atoms with Crippen LogP contribution in [0.5, 0.6) is 17.2 Å². The maximum absolute atomic E-state index is 13.2. The summed E-state index contributed by atoms with van der Waals surface area (Å²) in [5, 5.41) is 0. The molecule has 2 aromatic carbocycles. The fourth-order valence-electron chi connectivity index (χ4n) is 3.40. The lowest BCUT2D eigenvalue weighted by Crippen LogP contribution is -2.35. The van der Waals surface area contributed by atoms with Crippen LogP contribution in [0.25, 0.3) is 0 Å². The molecule has 5 nitrogen and oxygen atoms in total. The van der Waals surface area contributed by atoms with Gasteiger partial charge in [0.05, 0.1) is 27.2 Å². The van der Waals surface area contributed by atoms with Crippen LogP contribution >= 0.6 is 0 Å². The molecule has 0 aliphatic rings. The topological polar surface area (TPSA) is 48.0 Å². The molecule has 0 aliphatic carbocycles. The van der Waals surface area contributed by atoms with Gasteiger partial charge in [0.2, 0.25) is 5.91 Å². The minimum absolute atomic E-state index is 0.0946. The molecule has 2 aromatic rings. The van der Waals surface area contributed by atoms with Crippen molar-refractivity contribution in [1.29, 1.82) is 0 Å². The standard InChI is InChI=1S/C23H31NO4/c1-16(2)22(18-11-12-20(27-5)21(15-18)28-6)23(25)24(3)14-13-17-9-7-8-10-19(17)26-4/h7-12,15-16,22H,13-14H2,1-6H3. The highest BCUT2D eigenvalue weighted by Gasteiger charge is 2.28. The number of nitrogens with zero attached hydrogens (tertiary/aromatic N) is 1. The Morgan fingerprint density at radius 2 is 1.57 bits per heavy atom. The Labute approximate surface area is 168 Å². The van der Waals surface area contributed by atoms with Crippen molar-refractivity contribution in [2.24, 2.45) is 5.92 Å². The molecule has 0 saturated heterocycles. The summed E-state index contributed by atoms with van der Waals surface area (Å²) in [5.41, 5.74) is 2.03. The Morgan fingerprint density at radius 3 is 2.18 bits per heavy atom. The summed E-state index contributed by atoms with van der Waals surface area (Å²) in [4.78, 5) is 15.0. The molecule has 0 fully saturated rings. The van der Waals surface area contributed by atoms with Gasteiger partial charge in [-0.25, -0.2) is 0 Å². The molecular weight excluding hydrogens is 354 g/mol. The van der Waals surface area contributed by atoms with Gasteiger partial charge in [-0.15, -0.1) is 0 Å². The number of methoxy groups -OCH3 is 3. The van der Waals surface area contributed by atoms with Crippen LogP contribution in [0.4, 0.5) is 0 Å². The molecule has 5 heteroatoms. The molecule has 0 heterocycles. The number of amides is 1. The SMILES string of the molecule is COc1ccccc1CCN(C)C(=O)C(c1ccc(OC)c(OC)c1)C(C)C. The van der Waals surface area contributed by atoms with Crippen molar-refractivity contribution in [3.63, 3.8) is 0 Å². The predicted molar refractivity (Wildman–Crippen MR) is 111 cm³/mol. The normalized spacial score (nSPS) is 11.8. The van der Waals surface area contributed by atoms with E-state index in [0.29, 0.717) is 18.0 Å². The van der Waals surface area contributed by atoms with Gasteiger partial charge in [0, 0.05) is 13.6 Å². The van der Waals surface area contributed by atoms with Crippen LogP contribution in [0.2, 0.25) is 0 Å². The van der Waals surface area contributed by atoms with Gasteiger partial charge in [0.1, 0.15) is 5.75 Å². The smallest absolute Gasteiger partial charge is 0.230 e. The van der Waals surface area contributed by atoms with Crippen molar-refractivity contribution in [2.45, 2.75) is 26.2 Å². The minimum atomic E-state index is -0.248. The molecule has 28 heavy (non-hydrogen) atoms. The zero-order chi connectivity index (χ0) is 20.7. The summed E-state index contributed by atoms with van der Waals surface area (Å²) >= 11 is 0. The van der Waals surface area contributed by atoms with E-state index in [4.69, 9.17) is 14.2 Å². The van der Waals surface area contributed by atoms with E-state index in [0.717, 1.165) is 23.3 Å². The van der Waals surface area contributed by atoms with Crippen LogP contribution in [-0.4, -0.2) is 45.7 Å². The van der Waals surface area contributed by atoms with E-state index in [1.165, 1.54) is 0 Å². The monoisotopic (exact) mass is 385 g/mol. The number of para-hydroxylation sites is 1. The minimum Gasteiger partial charge on any atom is -0.496 e. The molecule has 0 N–H and O–H groups in total. The van der Waals surface area contributed by atoms with E-state index in [1.807, 2.05) is 49.5 Å². The summed E-state index contributed by atoms with van der Waals surface area (Å²) in [6, 6.07) is 13.6. The number of carbonyl (C=O) groups excluding carboxylic acids is 1. The second kappa shape index (κ2) is 10.0. The lowest BCUT2D eigenvalue weighted by Gasteiger charge is -2.27. The molecule has 0 bridgehead atoms. The van der Waals surface area contributed by atoms with Gasteiger partial charge < -0.3 is 19.1 Å². The van der Waals surface area contributed by atoms with Gasteiger partial charge in [0.15, 0.2) is 11.5 Å². The first-order chi connectivity index (χ1) is 13.4. The van der Waals surface area contributed by atoms with Crippen molar-refractivity contribution in [2.75, 3.05) is 34.9 Å². The molecule has 1 atom stereocenters. The summed E-state index contributed by atoms with van der Waals surface area (Å²) in [5.74, 6) is 2.14. The van der Waals surface area contributed by atoms with Crippen molar-refractivity contribution in [3.05, 3.63) is 53.6 Å². The number of rotatable bonds is 9. The summed E-state index contributed by atoms with van der Waals surface area (Å²) < 4.78 is 16.1. The molecular formula is C23H31NO4. The number of hydrogen-bond acceptors (Lipinski definition) is 4. The first-order valence-electron chi connectivity index (χ1n) is 9.51. The molecule has 0 saturated carbocycles. The highest BCUT2D eigenvalue weighted by atomic mass is 16.5. The maximum Gasteiger partial charge on any atom is 0.230 e. The zero-order valence-electron chi connectivity index (χ0n) is 17.7. The summed E-state index contributed by atoms with van der Waals surface area (Å²) in [7, 11) is 6.73. The molecule has 0 aliphatic heterocycles. The first kappa shape index (κ1) is 21.6. The molecule has 152 valence electrons. The lowest BCUT2D eigenvalue weighted by atomic mass is 9.87. The molecule has 2 rings (SSSR count). The fourth-order valence-corrected chi connectivity index (χ4v) is 3.40. The van der Waals surface area contributed by atoms with Crippen molar-refractivity contribution in [3.8, 4) is 17.2 Å². The van der Waals surface area contributed by atoms with Crippen molar-refractivity contribution in [1.82, 2.24) is 4.90 Å². The Balaban J connectivity index is 2.18. The van der Waals surface area contributed by atoms with Crippen LogP contribution < -0.4 is 14.2 Å². The highest BCUT2D eigenvalue weighted by Crippen LogP contribution is 2.34. The Bertz CT molecular complexity index is 788. The zero-order valence-corrected chi connectivity index (χ0v) is 17.7. The average molecular weight is 386 g/mol. The van der Waals surface area contributed by atoms with Gasteiger partial charge in [-0.3, -0.25) is 4.79 Å². The fraction of sp³-hybridized carbons (Fsp3) is 0.435. The number of hydrogen-bond donors (Lipinski definition) is 0. The van der Waals surface area contributed by atoms with E-state index < -0.39 is 0 Å². The van der Waals surface area contributed by atoms with Gasteiger partial charge in [-0.1, -0.05) is 38.1 Å². The number of benzene rings is 2. The Kier molecular flexibility index (Phi) is 7.73. The summed E-state index contributed by atoms with van der Waals surface area (Å²) in [6.45, 7) is 4.75. The number of likely N-dealkylation sites (N-methyl/N-ethyl adjacent to an activating group) is 1. The molecule has 0 aromatic heterocycles. The summed E-state index contributed by atoms with van der Waals surface area (Å²) in [6.07, 6.45) is 0.739. The Morgan fingerprint density at radius 1 is 0.929 bits per heavy atom. The van der Waals surface area contributed by atoms with Crippen LogP contribution in [0.1, 0.15) is 30.9 Å². The van der Waals surface area contributed by atoms with E-state index in [-0.39, 0.29) is 17.7 Å². The third-order valence-electron chi connectivity index (χ3n) is 4.98. The molecule has 0 radical (unpaired) electrons. The van der Waals surface area contributed by atoms with Crippen molar-refractivity contribution >= 4 is 5.91 Å². The molecule has 1 amide bonds. The van der Waals surface area contributed by atoms with Crippen LogP contribution in [0, 0.1) is 5.92 Å². The van der Waals surface area contributed by atoms with E-state index >= 15 is 0 Å². The van der Waals surface area contributed by atoms with Crippen molar-refractivity contribution < 1.29 is 19.0 Å². The second-order valence-corrected chi connectivity index (χ2v) is 7.16. The van der Waals surface area contributed by atoms with E-state index in [1.54, 1.807) is 26.2 Å². The maximum atomic E-state index is 13.2. The van der Waals surface area contributed by atoms with Crippen LogP contribution in [-0.2, 0) is 11.2 Å². The second-order valence-electron chi connectivity index (χ2n) is 7.16. The van der Waals surface area contributed by atoms with E-state index in [2.05, 4.69) is 13.8 Å². The van der Waals surface area contributed by atoms with Crippen LogP contribution in [0.3, 0.4) is 0 Å². The lowest BCUT2D eigenvalue weighted by molar-refractivity contribution is -0.132. The van der Waals surface area contributed by atoms with Gasteiger partial charge >= 0.3 is 0 Å². The quantitative estimate of drug-likeness (QED) is 0.650. The van der Waals surface area contributed by atoms with Gasteiger partial charge in [-0.2, -0.15) is 0 Å². The highest BCUT2D eigenvalue weighted by molar-refractivity contribution is 5.84.